The maximum absolute atomic E-state index is 12.8. The van der Waals surface area contributed by atoms with Gasteiger partial charge in [0.25, 0.3) is 5.91 Å². The maximum Gasteiger partial charge on any atom is 0.257 e. The molecule has 2 aliphatic heterocycles. The van der Waals surface area contributed by atoms with Gasteiger partial charge in [-0.05, 0) is 43.2 Å². The number of nitrogens with zero attached hydrogens (tertiary/aromatic N) is 4. The normalized spacial score (nSPS) is 19.2. The van der Waals surface area contributed by atoms with Crippen molar-refractivity contribution in [2.75, 3.05) is 42.9 Å². The number of carbonyl (C=O) groups excluding carboxylic acids is 1. The van der Waals surface area contributed by atoms with E-state index in [0.717, 1.165) is 68.9 Å². The van der Waals surface area contributed by atoms with Crippen LogP contribution in [0.3, 0.4) is 0 Å². The number of hydrogen-bond donors (Lipinski definition) is 1. The van der Waals surface area contributed by atoms with Crippen molar-refractivity contribution in [2.24, 2.45) is 4.99 Å². The highest BCUT2D eigenvalue weighted by Gasteiger charge is 2.36. The van der Waals surface area contributed by atoms with Crippen molar-refractivity contribution in [1.29, 1.82) is 0 Å². The second-order valence-corrected chi connectivity index (χ2v) is 10.4. The van der Waals surface area contributed by atoms with Gasteiger partial charge in [-0.3, -0.25) is 20.0 Å². The molecule has 3 aromatic rings. The van der Waals surface area contributed by atoms with Crippen LogP contribution in [0.1, 0.15) is 29.6 Å². The maximum atomic E-state index is 12.8. The Hall–Kier alpha value is -3.18. The minimum absolute atomic E-state index is 0.0364. The lowest BCUT2D eigenvalue weighted by Gasteiger charge is -2.36. The molecule has 0 spiro atoms. The number of thiazole rings is 1. The molecule has 36 heavy (non-hydrogen) atoms. The van der Waals surface area contributed by atoms with Crippen molar-refractivity contribution in [3.05, 3.63) is 64.5 Å². The first kappa shape index (κ1) is 24.5. The third-order valence-electron chi connectivity index (χ3n) is 6.80. The number of carbonyl (C=O) groups is 1. The van der Waals surface area contributed by atoms with Gasteiger partial charge in [0.05, 0.1) is 11.2 Å². The quantitative estimate of drug-likeness (QED) is 0.383. The van der Waals surface area contributed by atoms with Gasteiger partial charge in [0.2, 0.25) is 0 Å². The Kier molecular flexibility index (Phi) is 7.38. The van der Waals surface area contributed by atoms with Crippen molar-refractivity contribution in [3.8, 4) is 23.6 Å². The molecular weight excluding hydrogens is 490 g/mol. The Morgan fingerprint density at radius 1 is 1.11 bits per heavy atom. The van der Waals surface area contributed by atoms with E-state index < -0.39 is 0 Å². The first-order chi connectivity index (χ1) is 17.5. The number of halogens is 1. The van der Waals surface area contributed by atoms with Crippen molar-refractivity contribution >= 4 is 45.9 Å². The average Bonchev–Trinajstić information content (AvgIpc) is 3.54. The number of nitrogens with one attached hydrogen (secondary N) is 1. The zero-order chi connectivity index (χ0) is 25.0. The average molecular weight is 518 g/mol. The highest BCUT2D eigenvalue weighted by Crippen LogP contribution is 2.32. The van der Waals surface area contributed by atoms with Crippen molar-refractivity contribution in [1.82, 2.24) is 9.88 Å². The summed E-state index contributed by atoms with van der Waals surface area (Å²) in [6.45, 7) is 5.02. The summed E-state index contributed by atoms with van der Waals surface area (Å²) in [6.07, 6.45) is 10.3. The second kappa shape index (κ2) is 10.8. The standard InChI is InChI=1S/C28H28ClN5OS/c1-2-3-12-28(20-30-28)13-14-33-15-17-34(18-16-33)22-10-8-21(9-11-22)26(35)32-27-31-25(19-36-27)23-6-4-5-7-24(23)29/h1,4-11,19-20H,3,12-18H2,(H,31,32,35). The monoisotopic (exact) mass is 517 g/mol. The van der Waals surface area contributed by atoms with Crippen LogP contribution < -0.4 is 10.2 Å². The van der Waals surface area contributed by atoms with Crippen LogP contribution in [0.2, 0.25) is 5.02 Å². The van der Waals surface area contributed by atoms with E-state index in [2.05, 4.69) is 37.2 Å². The zero-order valence-corrected chi connectivity index (χ0v) is 21.6. The minimum atomic E-state index is -0.174. The molecule has 1 saturated heterocycles. The number of piperazine rings is 1. The van der Waals surface area contributed by atoms with E-state index in [1.54, 1.807) is 0 Å². The van der Waals surface area contributed by atoms with Gasteiger partial charge in [-0.25, -0.2) is 4.98 Å². The molecule has 1 unspecified atom stereocenters. The third-order valence-corrected chi connectivity index (χ3v) is 7.89. The Morgan fingerprint density at radius 3 is 2.56 bits per heavy atom. The zero-order valence-electron chi connectivity index (χ0n) is 20.0. The number of anilines is 2. The fraction of sp³-hybridized carbons (Fsp3) is 0.321. The number of benzene rings is 2. The number of terminal acetylenes is 1. The van der Waals surface area contributed by atoms with Crippen molar-refractivity contribution in [3.63, 3.8) is 0 Å². The molecule has 8 heteroatoms. The lowest BCUT2D eigenvalue weighted by molar-refractivity contribution is 0.102. The molecule has 0 radical (unpaired) electrons. The summed E-state index contributed by atoms with van der Waals surface area (Å²) in [6, 6.07) is 15.3. The summed E-state index contributed by atoms with van der Waals surface area (Å²) in [5.41, 5.74) is 3.38. The van der Waals surface area contributed by atoms with Crippen LogP contribution >= 0.6 is 22.9 Å². The molecule has 6 nitrogen and oxygen atoms in total. The molecular formula is C28H28ClN5OS. The molecule has 1 aromatic heterocycles. The Bertz CT molecular complexity index is 1280. The van der Waals surface area contributed by atoms with E-state index >= 15 is 0 Å². The minimum Gasteiger partial charge on any atom is -0.369 e. The van der Waals surface area contributed by atoms with Gasteiger partial charge in [0, 0.05) is 72.6 Å². The van der Waals surface area contributed by atoms with Crippen LogP contribution in [0.4, 0.5) is 10.8 Å². The summed E-state index contributed by atoms with van der Waals surface area (Å²) < 4.78 is 0. The van der Waals surface area contributed by atoms with Crippen molar-refractivity contribution in [2.45, 2.75) is 24.8 Å². The van der Waals surface area contributed by atoms with Crippen LogP contribution in [-0.4, -0.2) is 60.3 Å². The van der Waals surface area contributed by atoms with E-state index in [1.165, 1.54) is 11.3 Å². The summed E-state index contributed by atoms with van der Waals surface area (Å²) >= 11 is 7.65. The predicted molar refractivity (Wildman–Crippen MR) is 150 cm³/mol. The molecule has 3 heterocycles. The highest BCUT2D eigenvalue weighted by atomic mass is 35.5. The molecule has 1 amide bonds. The summed E-state index contributed by atoms with van der Waals surface area (Å²) in [5, 5.41) is 5.98. The van der Waals surface area contributed by atoms with Gasteiger partial charge in [-0.15, -0.1) is 23.7 Å². The molecule has 1 fully saturated rings. The molecule has 1 atom stereocenters. The number of aliphatic imine (C=N–C) groups is 1. The van der Waals surface area contributed by atoms with E-state index in [4.69, 9.17) is 18.0 Å². The van der Waals surface area contributed by atoms with Crippen LogP contribution in [0.15, 0.2) is 58.9 Å². The summed E-state index contributed by atoms with van der Waals surface area (Å²) in [4.78, 5) is 26.7. The molecule has 184 valence electrons. The SMILES string of the molecule is C#CCCC1(CCN2CCN(c3ccc(C(=O)Nc4nc(-c5ccccc5Cl)cs4)cc3)CC2)C=N1. The molecule has 0 bridgehead atoms. The number of amides is 1. The van der Waals surface area contributed by atoms with Gasteiger partial charge < -0.3 is 4.90 Å². The number of rotatable bonds is 9. The second-order valence-electron chi connectivity index (χ2n) is 9.16. The largest absolute Gasteiger partial charge is 0.369 e. The van der Waals surface area contributed by atoms with Gasteiger partial charge in [-0.2, -0.15) is 0 Å². The number of aromatic nitrogens is 1. The van der Waals surface area contributed by atoms with E-state index in [1.807, 2.05) is 53.9 Å². The molecule has 5 rings (SSSR count). The van der Waals surface area contributed by atoms with Gasteiger partial charge in [0.15, 0.2) is 5.13 Å². The fourth-order valence-electron chi connectivity index (χ4n) is 4.46. The van der Waals surface area contributed by atoms with Gasteiger partial charge in [-0.1, -0.05) is 29.8 Å². The highest BCUT2D eigenvalue weighted by molar-refractivity contribution is 7.14. The molecule has 1 N–H and O–H groups in total. The Balaban J connectivity index is 1.11. The summed E-state index contributed by atoms with van der Waals surface area (Å²) in [7, 11) is 0. The topological polar surface area (TPSA) is 60.8 Å². The summed E-state index contributed by atoms with van der Waals surface area (Å²) in [5.74, 6) is 2.55. The van der Waals surface area contributed by atoms with Crippen molar-refractivity contribution < 1.29 is 4.79 Å². The Labute approximate surface area is 221 Å². The lowest BCUT2D eigenvalue weighted by atomic mass is 9.98. The van der Waals surface area contributed by atoms with Gasteiger partial charge >= 0.3 is 0 Å². The van der Waals surface area contributed by atoms with E-state index in [-0.39, 0.29) is 11.4 Å². The van der Waals surface area contributed by atoms with Crippen LogP contribution in [-0.2, 0) is 0 Å². The van der Waals surface area contributed by atoms with E-state index in [9.17, 15) is 4.79 Å². The predicted octanol–water partition coefficient (Wildman–Crippen LogP) is 5.46. The van der Waals surface area contributed by atoms with Crippen LogP contribution in [0, 0.1) is 12.3 Å². The lowest BCUT2D eigenvalue weighted by Crippen LogP contribution is -2.47. The first-order valence-electron chi connectivity index (χ1n) is 12.1. The molecule has 2 aliphatic rings. The van der Waals surface area contributed by atoms with Crippen LogP contribution in [0.25, 0.3) is 11.3 Å². The third kappa shape index (κ3) is 5.79. The fourth-order valence-corrected chi connectivity index (χ4v) is 5.40. The smallest absolute Gasteiger partial charge is 0.257 e. The first-order valence-corrected chi connectivity index (χ1v) is 13.4. The molecule has 2 aromatic carbocycles. The number of hydrogen-bond acceptors (Lipinski definition) is 6. The molecule has 0 aliphatic carbocycles. The Morgan fingerprint density at radius 2 is 1.86 bits per heavy atom. The van der Waals surface area contributed by atoms with Gasteiger partial charge in [0.1, 0.15) is 0 Å². The molecule has 0 saturated carbocycles. The van der Waals surface area contributed by atoms with E-state index in [0.29, 0.717) is 15.7 Å². The van der Waals surface area contributed by atoms with Crippen LogP contribution in [0.5, 0.6) is 0 Å².